The van der Waals surface area contributed by atoms with Crippen molar-refractivity contribution >= 4 is 62.2 Å². The molecule has 1 fully saturated rings. The highest BCUT2D eigenvalue weighted by atomic mass is 79.9. The van der Waals surface area contributed by atoms with Gasteiger partial charge in [-0.1, -0.05) is 82.4 Å². The zero-order valence-electron chi connectivity index (χ0n) is 13.7. The van der Waals surface area contributed by atoms with Crippen LogP contribution in [0.5, 0.6) is 0 Å². The lowest BCUT2D eigenvalue weighted by Crippen LogP contribution is -2.37. The zero-order valence-corrected chi connectivity index (χ0v) is 16.9. The van der Waals surface area contributed by atoms with E-state index >= 15 is 0 Å². The van der Waals surface area contributed by atoms with Crippen LogP contribution in [0.1, 0.15) is 17.2 Å². The van der Waals surface area contributed by atoms with Gasteiger partial charge >= 0.3 is 5.97 Å². The Kier molecular flexibility index (Phi) is 5.90. The van der Waals surface area contributed by atoms with Crippen LogP contribution >= 0.6 is 39.9 Å². The molecule has 4 nitrogen and oxygen atoms in total. The van der Waals surface area contributed by atoms with E-state index in [0.717, 1.165) is 10.0 Å². The van der Waals surface area contributed by atoms with Crippen LogP contribution in [0.2, 0.25) is 0 Å². The molecule has 7 heteroatoms. The summed E-state index contributed by atoms with van der Waals surface area (Å²) in [6.45, 7) is 0. The molecule has 0 radical (unpaired) electrons. The lowest BCUT2D eigenvalue weighted by Gasteiger charge is -2.24. The fourth-order valence-corrected chi connectivity index (χ4v) is 4.32. The molecule has 132 valence electrons. The quantitative estimate of drug-likeness (QED) is 0.390. The van der Waals surface area contributed by atoms with Crippen LogP contribution in [-0.2, 0) is 14.3 Å². The molecule has 1 aliphatic rings. The predicted octanol–water partition coefficient (Wildman–Crippen LogP) is 4.56. The average Bonchev–Trinajstić information content (AvgIpc) is 2.90. The molecule has 1 aliphatic heterocycles. The molecule has 0 saturated carbocycles. The van der Waals surface area contributed by atoms with E-state index in [1.165, 1.54) is 23.8 Å². The minimum atomic E-state index is -0.901. The summed E-state index contributed by atoms with van der Waals surface area (Å²) in [6, 6.07) is 15.7. The van der Waals surface area contributed by atoms with Crippen molar-refractivity contribution in [2.75, 3.05) is 7.11 Å². The van der Waals surface area contributed by atoms with Gasteiger partial charge in [0, 0.05) is 4.47 Å². The number of thioether (sulfide) groups is 1. The van der Waals surface area contributed by atoms with Crippen LogP contribution in [0.25, 0.3) is 6.08 Å². The van der Waals surface area contributed by atoms with E-state index in [9.17, 15) is 9.59 Å². The van der Waals surface area contributed by atoms with Gasteiger partial charge in [0.2, 0.25) is 0 Å². The minimum absolute atomic E-state index is 0.306. The number of hydrogen-bond donors (Lipinski definition) is 0. The van der Waals surface area contributed by atoms with Crippen LogP contribution in [0.3, 0.4) is 0 Å². The van der Waals surface area contributed by atoms with Crippen molar-refractivity contribution in [2.24, 2.45) is 0 Å². The Morgan fingerprint density at radius 2 is 1.96 bits per heavy atom. The van der Waals surface area contributed by atoms with Crippen molar-refractivity contribution in [3.8, 4) is 0 Å². The summed E-state index contributed by atoms with van der Waals surface area (Å²) in [7, 11) is 1.30. The second-order valence-electron chi connectivity index (χ2n) is 5.44. The number of benzene rings is 2. The third kappa shape index (κ3) is 3.90. The fourth-order valence-electron chi connectivity index (χ4n) is 2.59. The number of carbonyl (C=O) groups is 2. The normalized spacial score (nSPS) is 16.8. The number of amides is 1. The van der Waals surface area contributed by atoms with Crippen molar-refractivity contribution in [3.63, 3.8) is 0 Å². The largest absolute Gasteiger partial charge is 0.467 e. The summed E-state index contributed by atoms with van der Waals surface area (Å²) in [5.41, 5.74) is 1.52. The number of methoxy groups -OCH3 is 1. The Bertz CT molecular complexity index is 899. The van der Waals surface area contributed by atoms with E-state index in [4.69, 9.17) is 17.0 Å². The van der Waals surface area contributed by atoms with Crippen LogP contribution in [0.4, 0.5) is 0 Å². The second-order valence-corrected chi connectivity index (χ2v) is 8.03. The Hall–Kier alpha value is -1.96. The molecule has 26 heavy (non-hydrogen) atoms. The molecular formula is C19H14BrNO3S2. The minimum Gasteiger partial charge on any atom is -0.467 e. The highest BCUT2D eigenvalue weighted by Gasteiger charge is 2.41. The van der Waals surface area contributed by atoms with Crippen molar-refractivity contribution < 1.29 is 14.3 Å². The molecule has 0 bridgehead atoms. The first kappa shape index (κ1) is 18.8. The third-order valence-electron chi connectivity index (χ3n) is 3.77. The molecule has 2 aromatic carbocycles. The van der Waals surface area contributed by atoms with Gasteiger partial charge in [0.1, 0.15) is 4.32 Å². The summed E-state index contributed by atoms with van der Waals surface area (Å²) < 4.78 is 6.16. The summed E-state index contributed by atoms with van der Waals surface area (Å²) in [6.07, 6.45) is 1.77. The predicted molar refractivity (Wildman–Crippen MR) is 110 cm³/mol. The van der Waals surface area contributed by atoms with Gasteiger partial charge in [-0.15, -0.1) is 0 Å². The Morgan fingerprint density at radius 3 is 2.62 bits per heavy atom. The molecule has 0 aromatic heterocycles. The number of nitrogens with zero attached hydrogens (tertiary/aromatic N) is 1. The maximum absolute atomic E-state index is 13.0. The molecule has 1 saturated heterocycles. The summed E-state index contributed by atoms with van der Waals surface area (Å²) >= 11 is 9.98. The number of hydrogen-bond acceptors (Lipinski definition) is 5. The average molecular weight is 448 g/mol. The van der Waals surface area contributed by atoms with Crippen LogP contribution in [-0.4, -0.2) is 28.2 Å². The van der Waals surface area contributed by atoms with Gasteiger partial charge in [0.15, 0.2) is 6.04 Å². The topological polar surface area (TPSA) is 46.6 Å². The maximum atomic E-state index is 13.0. The first-order valence-electron chi connectivity index (χ1n) is 7.66. The van der Waals surface area contributed by atoms with Gasteiger partial charge in [0.05, 0.1) is 12.0 Å². The molecule has 0 N–H and O–H groups in total. The molecule has 3 rings (SSSR count). The van der Waals surface area contributed by atoms with E-state index in [2.05, 4.69) is 15.9 Å². The monoisotopic (exact) mass is 447 g/mol. The summed E-state index contributed by atoms with van der Waals surface area (Å²) in [5, 5.41) is 0. The molecule has 1 unspecified atom stereocenters. The zero-order chi connectivity index (χ0) is 18.7. The molecule has 0 aliphatic carbocycles. The first-order valence-corrected chi connectivity index (χ1v) is 9.68. The number of rotatable bonds is 4. The molecular weight excluding hydrogens is 434 g/mol. The Balaban J connectivity index is 1.98. The SMILES string of the molecule is COC(=O)C(c1ccccc1)N1C(=O)/C(=C/c2cccc(Br)c2)SC1=S. The highest BCUT2D eigenvalue weighted by Crippen LogP contribution is 2.38. The standard InChI is InChI=1S/C19H14BrNO3S2/c1-24-18(23)16(13-7-3-2-4-8-13)21-17(22)15(26-19(21)25)11-12-6-5-9-14(20)10-12/h2-11,16H,1H3/b15-11-. The van der Waals surface area contributed by atoms with E-state index in [1.807, 2.05) is 30.3 Å². The van der Waals surface area contributed by atoms with Gasteiger partial charge in [-0.05, 0) is 29.3 Å². The highest BCUT2D eigenvalue weighted by molar-refractivity contribution is 9.10. The Labute approximate surface area is 169 Å². The summed E-state index contributed by atoms with van der Waals surface area (Å²) in [5.74, 6) is -0.838. The van der Waals surface area contributed by atoms with Gasteiger partial charge in [-0.25, -0.2) is 4.79 Å². The molecule has 1 heterocycles. The number of ether oxygens (including phenoxy) is 1. The number of halogens is 1. The Morgan fingerprint density at radius 1 is 1.23 bits per heavy atom. The number of esters is 1. The van der Waals surface area contributed by atoms with Gasteiger partial charge in [0.25, 0.3) is 5.91 Å². The van der Waals surface area contributed by atoms with Crippen molar-refractivity contribution in [3.05, 3.63) is 75.1 Å². The maximum Gasteiger partial charge on any atom is 0.333 e. The molecule has 0 spiro atoms. The van der Waals surface area contributed by atoms with Crippen molar-refractivity contribution in [1.29, 1.82) is 0 Å². The van der Waals surface area contributed by atoms with Crippen LogP contribution < -0.4 is 0 Å². The van der Waals surface area contributed by atoms with Gasteiger partial charge in [-0.3, -0.25) is 9.69 Å². The van der Waals surface area contributed by atoms with Gasteiger partial charge < -0.3 is 4.74 Å². The molecule has 1 amide bonds. The van der Waals surface area contributed by atoms with Crippen LogP contribution in [0, 0.1) is 0 Å². The van der Waals surface area contributed by atoms with E-state index in [1.54, 1.807) is 30.3 Å². The fraction of sp³-hybridized carbons (Fsp3) is 0.105. The third-order valence-corrected chi connectivity index (χ3v) is 5.59. The smallest absolute Gasteiger partial charge is 0.333 e. The molecule has 1 atom stereocenters. The molecule has 2 aromatic rings. The van der Waals surface area contributed by atoms with Crippen molar-refractivity contribution in [1.82, 2.24) is 4.90 Å². The lowest BCUT2D eigenvalue weighted by atomic mass is 10.1. The first-order chi connectivity index (χ1) is 12.5. The van der Waals surface area contributed by atoms with E-state index in [-0.39, 0.29) is 5.91 Å². The number of carbonyl (C=O) groups excluding carboxylic acids is 2. The summed E-state index contributed by atoms with van der Waals surface area (Å²) in [4.78, 5) is 27.2. The lowest BCUT2D eigenvalue weighted by molar-refractivity contribution is -0.148. The van der Waals surface area contributed by atoms with E-state index in [0.29, 0.717) is 14.8 Å². The number of thiocarbonyl (C=S) groups is 1. The van der Waals surface area contributed by atoms with Gasteiger partial charge in [-0.2, -0.15) is 0 Å². The van der Waals surface area contributed by atoms with E-state index < -0.39 is 12.0 Å². The second kappa shape index (κ2) is 8.16. The van der Waals surface area contributed by atoms with Crippen molar-refractivity contribution in [2.45, 2.75) is 6.04 Å². The van der Waals surface area contributed by atoms with Crippen LogP contribution in [0.15, 0.2) is 64.0 Å².